The molecule has 0 aliphatic rings. The van der Waals surface area contributed by atoms with E-state index in [1.54, 1.807) is 11.2 Å². The highest BCUT2D eigenvalue weighted by atomic mass is 32.2. The maximum atomic E-state index is 12.9. The molecule has 1 atom stereocenters. The second-order valence-corrected chi connectivity index (χ2v) is 6.70. The van der Waals surface area contributed by atoms with Crippen molar-refractivity contribution in [2.24, 2.45) is 0 Å². The highest BCUT2D eigenvalue weighted by molar-refractivity contribution is 7.89. The summed E-state index contributed by atoms with van der Waals surface area (Å²) in [6.45, 7) is 11.2. The van der Waals surface area contributed by atoms with Crippen LogP contribution in [0, 0.1) is 6.92 Å². The van der Waals surface area contributed by atoms with Gasteiger partial charge >= 0.3 is 0 Å². The summed E-state index contributed by atoms with van der Waals surface area (Å²) >= 11 is 0. The van der Waals surface area contributed by atoms with Crippen molar-refractivity contribution < 1.29 is 8.42 Å². The van der Waals surface area contributed by atoms with E-state index in [-0.39, 0.29) is 6.04 Å². The van der Waals surface area contributed by atoms with Crippen molar-refractivity contribution in [3.8, 4) is 0 Å². The number of aryl methyl sites for hydroxylation is 1. The Kier molecular flexibility index (Phi) is 6.16. The minimum absolute atomic E-state index is 0.0220. The van der Waals surface area contributed by atoms with Crippen LogP contribution in [0.15, 0.2) is 4.90 Å². The Morgan fingerprint density at radius 2 is 2.00 bits per heavy atom. The van der Waals surface area contributed by atoms with Gasteiger partial charge in [-0.25, -0.2) is 8.42 Å². The minimum atomic E-state index is -3.51. The summed E-state index contributed by atoms with van der Waals surface area (Å²) in [6.07, 6.45) is 0.784. The first kappa shape index (κ1) is 17.1. The van der Waals surface area contributed by atoms with Gasteiger partial charge in [0.15, 0.2) is 0 Å². The molecule has 1 heterocycles. The lowest BCUT2D eigenvalue weighted by Gasteiger charge is -2.26. The fourth-order valence-corrected chi connectivity index (χ4v) is 4.26. The predicted octanol–water partition coefficient (Wildman–Crippen LogP) is 1.64. The predicted molar refractivity (Wildman–Crippen MR) is 80.0 cm³/mol. The maximum Gasteiger partial charge on any atom is 0.247 e. The van der Waals surface area contributed by atoms with E-state index in [0.29, 0.717) is 29.4 Å². The molecule has 0 amide bonds. The number of nitrogens with one attached hydrogen (secondary N) is 2. The average molecular weight is 302 g/mol. The molecule has 0 saturated heterocycles. The lowest BCUT2D eigenvalue weighted by atomic mass is 10.3. The van der Waals surface area contributed by atoms with Gasteiger partial charge in [0.1, 0.15) is 4.90 Å². The molecule has 0 aliphatic heterocycles. The molecule has 20 heavy (non-hydrogen) atoms. The number of hydrogen-bond donors (Lipinski definition) is 2. The van der Waals surface area contributed by atoms with Crippen molar-refractivity contribution in [3.63, 3.8) is 0 Å². The third kappa shape index (κ3) is 3.39. The van der Waals surface area contributed by atoms with E-state index in [9.17, 15) is 8.42 Å². The molecule has 1 aromatic heterocycles. The smallest absolute Gasteiger partial charge is 0.247 e. The quantitative estimate of drug-likeness (QED) is 0.765. The monoisotopic (exact) mass is 302 g/mol. The van der Waals surface area contributed by atoms with Gasteiger partial charge in [-0.2, -0.15) is 9.40 Å². The maximum absolute atomic E-state index is 12.9. The van der Waals surface area contributed by atoms with Crippen molar-refractivity contribution in [2.75, 3.05) is 13.1 Å². The summed E-state index contributed by atoms with van der Waals surface area (Å²) in [6, 6.07) is -0.0220. The van der Waals surface area contributed by atoms with E-state index in [2.05, 4.69) is 15.5 Å². The van der Waals surface area contributed by atoms with Crippen LogP contribution in [0.3, 0.4) is 0 Å². The molecular weight excluding hydrogens is 276 g/mol. The lowest BCUT2D eigenvalue weighted by Crippen LogP contribution is -2.38. The van der Waals surface area contributed by atoms with Gasteiger partial charge in [-0.05, 0) is 26.8 Å². The zero-order chi connectivity index (χ0) is 15.3. The lowest BCUT2D eigenvalue weighted by molar-refractivity contribution is 0.342. The third-order valence-electron chi connectivity index (χ3n) is 3.46. The van der Waals surface area contributed by atoms with Crippen molar-refractivity contribution in [2.45, 2.75) is 58.5 Å². The van der Waals surface area contributed by atoms with Gasteiger partial charge < -0.3 is 5.32 Å². The molecule has 0 aromatic carbocycles. The van der Waals surface area contributed by atoms with Crippen LogP contribution in [-0.4, -0.2) is 42.1 Å². The largest absolute Gasteiger partial charge is 0.311 e. The van der Waals surface area contributed by atoms with E-state index in [4.69, 9.17) is 0 Å². The van der Waals surface area contributed by atoms with E-state index < -0.39 is 10.0 Å². The number of rotatable bonds is 8. The number of hydrogen-bond acceptors (Lipinski definition) is 4. The molecular formula is C13H26N4O2S. The van der Waals surface area contributed by atoms with E-state index in [1.807, 2.05) is 27.7 Å². The number of sulfonamides is 1. The van der Waals surface area contributed by atoms with E-state index >= 15 is 0 Å². The Morgan fingerprint density at radius 1 is 1.35 bits per heavy atom. The van der Waals surface area contributed by atoms with Crippen LogP contribution in [0.5, 0.6) is 0 Å². The molecule has 1 rings (SSSR count). The molecule has 0 aliphatic carbocycles. The van der Waals surface area contributed by atoms with Crippen LogP contribution >= 0.6 is 0 Å². The van der Waals surface area contributed by atoms with Crippen LogP contribution in [0.4, 0.5) is 0 Å². The molecule has 2 N–H and O–H groups in total. The Balaban J connectivity index is 3.23. The van der Waals surface area contributed by atoms with Crippen LogP contribution in [0.2, 0.25) is 0 Å². The van der Waals surface area contributed by atoms with Gasteiger partial charge in [0.05, 0.1) is 11.4 Å². The van der Waals surface area contributed by atoms with Crippen molar-refractivity contribution in [1.29, 1.82) is 0 Å². The van der Waals surface area contributed by atoms with Crippen LogP contribution in [-0.2, 0) is 16.6 Å². The summed E-state index contributed by atoms with van der Waals surface area (Å²) in [4.78, 5) is 0.320. The van der Waals surface area contributed by atoms with E-state index in [1.165, 1.54) is 0 Å². The molecule has 0 fully saturated rings. The molecule has 7 heteroatoms. The Morgan fingerprint density at radius 3 is 2.50 bits per heavy atom. The normalized spacial score (nSPS) is 13.9. The van der Waals surface area contributed by atoms with Gasteiger partial charge in [0.2, 0.25) is 10.0 Å². The summed E-state index contributed by atoms with van der Waals surface area (Å²) in [5.41, 5.74) is 1.16. The molecule has 0 spiro atoms. The number of aromatic amines is 1. The van der Waals surface area contributed by atoms with Crippen LogP contribution in [0.1, 0.15) is 45.5 Å². The number of aromatic nitrogens is 2. The first-order valence-electron chi connectivity index (χ1n) is 7.16. The van der Waals surface area contributed by atoms with Gasteiger partial charge in [-0.1, -0.05) is 20.8 Å². The molecule has 0 bridgehead atoms. The topological polar surface area (TPSA) is 78.1 Å². The summed E-state index contributed by atoms with van der Waals surface area (Å²) in [7, 11) is -3.51. The number of H-pyrrole nitrogens is 1. The Labute approximate surface area is 122 Å². The molecule has 1 unspecified atom stereocenters. The molecule has 0 saturated carbocycles. The Hall–Kier alpha value is -0.920. The number of nitrogens with zero attached hydrogens (tertiary/aromatic N) is 2. The zero-order valence-corrected chi connectivity index (χ0v) is 13.8. The zero-order valence-electron chi connectivity index (χ0n) is 13.0. The molecule has 0 radical (unpaired) electrons. The fourth-order valence-electron chi connectivity index (χ4n) is 2.21. The average Bonchev–Trinajstić information content (AvgIpc) is 2.78. The van der Waals surface area contributed by atoms with Crippen molar-refractivity contribution in [3.05, 3.63) is 11.4 Å². The van der Waals surface area contributed by atoms with Crippen LogP contribution < -0.4 is 5.32 Å². The summed E-state index contributed by atoms with van der Waals surface area (Å²) in [5.74, 6) is 0. The second-order valence-electron chi connectivity index (χ2n) is 4.87. The molecule has 1 aromatic rings. The highest BCUT2D eigenvalue weighted by Crippen LogP contribution is 2.24. The SMILES string of the molecule is CCNCc1n[nH]c(C)c1S(=O)(=O)N(CC)C(C)CC. The first-order valence-corrected chi connectivity index (χ1v) is 8.60. The highest BCUT2D eigenvalue weighted by Gasteiger charge is 2.32. The summed E-state index contributed by atoms with van der Waals surface area (Å²) in [5, 5.41) is 10.0. The molecule has 116 valence electrons. The fraction of sp³-hybridized carbons (Fsp3) is 0.769. The molecule has 6 nitrogen and oxygen atoms in total. The third-order valence-corrected chi connectivity index (χ3v) is 5.76. The Bertz CT molecular complexity index is 524. The van der Waals surface area contributed by atoms with Gasteiger partial charge in [-0.15, -0.1) is 0 Å². The second kappa shape index (κ2) is 7.19. The van der Waals surface area contributed by atoms with E-state index in [0.717, 1.165) is 13.0 Å². The van der Waals surface area contributed by atoms with Crippen molar-refractivity contribution >= 4 is 10.0 Å². The van der Waals surface area contributed by atoms with Gasteiger partial charge in [0.25, 0.3) is 0 Å². The van der Waals surface area contributed by atoms with Gasteiger partial charge in [-0.3, -0.25) is 5.10 Å². The minimum Gasteiger partial charge on any atom is -0.311 e. The van der Waals surface area contributed by atoms with Gasteiger partial charge in [0, 0.05) is 19.1 Å². The van der Waals surface area contributed by atoms with Crippen molar-refractivity contribution in [1.82, 2.24) is 19.8 Å². The first-order chi connectivity index (χ1) is 9.39. The summed E-state index contributed by atoms with van der Waals surface area (Å²) < 4.78 is 27.3. The standard InChI is InChI=1S/C13H26N4O2S/c1-6-10(4)17(8-3)20(18,19)13-11(5)15-16-12(13)9-14-7-2/h10,14H,6-9H2,1-5H3,(H,15,16). The van der Waals surface area contributed by atoms with Crippen LogP contribution in [0.25, 0.3) is 0 Å².